The zero-order valence-corrected chi connectivity index (χ0v) is 24.4. The van der Waals surface area contributed by atoms with Crippen molar-refractivity contribution in [2.45, 2.75) is 64.6 Å². The second-order valence-corrected chi connectivity index (χ2v) is 9.70. The lowest BCUT2D eigenvalue weighted by molar-refractivity contribution is -0.203. The van der Waals surface area contributed by atoms with E-state index in [0.717, 1.165) is 16.7 Å². The molecular formula is C33H36O9. The predicted molar refractivity (Wildman–Crippen MR) is 153 cm³/mol. The fourth-order valence-electron chi connectivity index (χ4n) is 4.88. The van der Waals surface area contributed by atoms with Gasteiger partial charge in [0.05, 0.1) is 6.61 Å². The Morgan fingerprint density at radius 2 is 0.905 bits per heavy atom. The summed E-state index contributed by atoms with van der Waals surface area (Å²) in [6, 6.07) is 28.6. The Bertz CT molecular complexity index is 1230. The van der Waals surface area contributed by atoms with Gasteiger partial charge in [-0.1, -0.05) is 91.0 Å². The van der Waals surface area contributed by atoms with E-state index in [1.165, 1.54) is 34.6 Å². The van der Waals surface area contributed by atoms with Gasteiger partial charge in [0.1, 0.15) is 11.7 Å². The second-order valence-electron chi connectivity index (χ2n) is 9.70. The summed E-state index contributed by atoms with van der Waals surface area (Å²) in [7, 11) is 0. The Hall–Kier alpha value is -4.50. The maximum atomic E-state index is 12.4. The van der Waals surface area contributed by atoms with Crippen molar-refractivity contribution in [1.82, 2.24) is 0 Å². The van der Waals surface area contributed by atoms with Gasteiger partial charge < -0.3 is 23.7 Å². The van der Waals surface area contributed by atoms with Gasteiger partial charge in [-0.15, -0.1) is 0 Å². The molecule has 9 nitrogen and oxygen atoms in total. The molecule has 9 heteroatoms. The minimum atomic E-state index is -1.38. The van der Waals surface area contributed by atoms with Gasteiger partial charge >= 0.3 is 23.9 Å². The predicted octanol–water partition coefficient (Wildman–Crippen LogP) is 4.74. The number of carbonyl (C=O) groups excluding carboxylic acids is 4. The van der Waals surface area contributed by atoms with Crippen LogP contribution in [-0.2, 0) is 48.5 Å². The van der Waals surface area contributed by atoms with Crippen molar-refractivity contribution in [2.24, 2.45) is 0 Å². The van der Waals surface area contributed by atoms with E-state index in [2.05, 4.69) is 0 Å². The van der Waals surface area contributed by atoms with E-state index in [1.54, 1.807) is 0 Å². The molecular weight excluding hydrogens is 540 g/mol. The van der Waals surface area contributed by atoms with E-state index in [4.69, 9.17) is 23.7 Å². The lowest BCUT2D eigenvalue weighted by atomic mass is 9.80. The molecule has 4 unspecified atom stereocenters. The molecule has 0 fully saturated rings. The first-order valence-corrected chi connectivity index (χ1v) is 13.5. The lowest BCUT2D eigenvalue weighted by Crippen LogP contribution is -2.53. The molecule has 0 aliphatic carbocycles. The zero-order valence-electron chi connectivity index (χ0n) is 24.4. The number of rotatable bonds is 13. The first-order valence-electron chi connectivity index (χ1n) is 13.5. The molecule has 42 heavy (non-hydrogen) atoms. The maximum Gasteiger partial charge on any atom is 0.303 e. The van der Waals surface area contributed by atoms with Gasteiger partial charge in [0.25, 0.3) is 0 Å². The normalized spacial score (nSPS) is 14.0. The Morgan fingerprint density at radius 1 is 0.548 bits per heavy atom. The third kappa shape index (κ3) is 8.27. The average Bonchev–Trinajstić information content (AvgIpc) is 2.95. The monoisotopic (exact) mass is 576 g/mol. The average molecular weight is 577 g/mol. The highest BCUT2D eigenvalue weighted by Crippen LogP contribution is 2.41. The lowest BCUT2D eigenvalue weighted by Gasteiger charge is -2.39. The summed E-state index contributed by atoms with van der Waals surface area (Å²) in [5.41, 5.74) is 1.18. The van der Waals surface area contributed by atoms with Crippen LogP contribution in [0.15, 0.2) is 91.0 Å². The largest absolute Gasteiger partial charge is 0.459 e. The minimum absolute atomic E-state index is 0.305. The fraction of sp³-hybridized carbons (Fsp3) is 0.333. The molecule has 0 bridgehead atoms. The van der Waals surface area contributed by atoms with Crippen LogP contribution in [0.3, 0.4) is 0 Å². The number of hydrogen-bond acceptors (Lipinski definition) is 9. The van der Waals surface area contributed by atoms with E-state index >= 15 is 0 Å². The molecule has 0 radical (unpaired) electrons. The summed E-state index contributed by atoms with van der Waals surface area (Å²) >= 11 is 0. The standard InChI is InChI=1S/C33H36O9/c1-22(39-23(2)34)31(41-25(4)36)32(42-26(5)37)30(40-24(3)35)21-38-33(27-15-9-6-10-16-27,28-17-11-7-12-18-28)29-19-13-8-14-20-29/h6-20,22,30-32H,21H2,1-5H3. The van der Waals surface area contributed by atoms with Crippen LogP contribution in [-0.4, -0.2) is 54.9 Å². The summed E-state index contributed by atoms with van der Waals surface area (Å²) in [5.74, 6) is -2.78. The first kappa shape index (κ1) is 32.0. The molecule has 0 heterocycles. The van der Waals surface area contributed by atoms with Crippen LogP contribution < -0.4 is 0 Å². The molecule has 0 aromatic heterocycles. The van der Waals surface area contributed by atoms with Gasteiger partial charge in [0.15, 0.2) is 18.3 Å². The van der Waals surface area contributed by atoms with Crippen LogP contribution >= 0.6 is 0 Å². The fourth-order valence-corrected chi connectivity index (χ4v) is 4.88. The second kappa shape index (κ2) is 14.9. The molecule has 0 saturated carbocycles. The molecule has 0 spiro atoms. The van der Waals surface area contributed by atoms with Gasteiger partial charge in [-0.3, -0.25) is 19.2 Å². The summed E-state index contributed by atoms with van der Waals surface area (Å²) < 4.78 is 28.9. The molecule has 3 rings (SSSR count). The molecule has 0 aliphatic rings. The van der Waals surface area contributed by atoms with E-state index in [0.29, 0.717) is 0 Å². The molecule has 0 N–H and O–H groups in total. The van der Waals surface area contributed by atoms with Crippen molar-refractivity contribution in [2.75, 3.05) is 6.61 Å². The van der Waals surface area contributed by atoms with Crippen molar-refractivity contribution in [3.8, 4) is 0 Å². The Balaban J connectivity index is 2.17. The molecule has 0 aliphatic heterocycles. The van der Waals surface area contributed by atoms with Gasteiger partial charge in [0.2, 0.25) is 0 Å². The van der Waals surface area contributed by atoms with Crippen LogP contribution in [0.5, 0.6) is 0 Å². The van der Waals surface area contributed by atoms with E-state index in [-0.39, 0.29) is 6.61 Å². The van der Waals surface area contributed by atoms with E-state index < -0.39 is 53.9 Å². The van der Waals surface area contributed by atoms with Gasteiger partial charge in [-0.05, 0) is 23.6 Å². The quantitative estimate of drug-likeness (QED) is 0.162. The van der Waals surface area contributed by atoms with Crippen molar-refractivity contribution in [3.63, 3.8) is 0 Å². The molecule has 3 aromatic carbocycles. The number of ether oxygens (including phenoxy) is 5. The SMILES string of the molecule is CC(=O)OC(C)C(OC(C)=O)C(OC(C)=O)C(COC(c1ccccc1)(c1ccccc1)c1ccccc1)OC(C)=O. The molecule has 0 amide bonds. The molecule has 4 atom stereocenters. The number of esters is 4. The molecule has 222 valence electrons. The van der Waals surface area contributed by atoms with Crippen molar-refractivity contribution in [3.05, 3.63) is 108 Å². The Kier molecular flexibility index (Phi) is 11.4. The highest BCUT2D eigenvalue weighted by atomic mass is 16.6. The third-order valence-electron chi connectivity index (χ3n) is 6.43. The Morgan fingerprint density at radius 3 is 1.26 bits per heavy atom. The zero-order chi connectivity index (χ0) is 30.7. The van der Waals surface area contributed by atoms with Crippen LogP contribution in [0.25, 0.3) is 0 Å². The maximum absolute atomic E-state index is 12.4. The van der Waals surface area contributed by atoms with Crippen molar-refractivity contribution >= 4 is 23.9 Å². The third-order valence-corrected chi connectivity index (χ3v) is 6.43. The van der Waals surface area contributed by atoms with E-state index in [9.17, 15) is 19.2 Å². The highest BCUT2D eigenvalue weighted by molar-refractivity contribution is 5.69. The summed E-state index contributed by atoms with van der Waals surface area (Å²) in [6.07, 6.45) is -5.03. The topological polar surface area (TPSA) is 114 Å². The van der Waals surface area contributed by atoms with Crippen LogP contribution in [0, 0.1) is 0 Å². The first-order chi connectivity index (χ1) is 20.0. The summed E-state index contributed by atoms with van der Waals surface area (Å²) in [5, 5.41) is 0. The highest BCUT2D eigenvalue weighted by Gasteiger charge is 2.44. The molecule has 3 aromatic rings. The number of hydrogen-bond donors (Lipinski definition) is 0. The summed E-state index contributed by atoms with van der Waals surface area (Å²) in [6.45, 7) is 5.92. The Labute approximate surface area is 245 Å². The number of benzene rings is 3. The minimum Gasteiger partial charge on any atom is -0.459 e. The van der Waals surface area contributed by atoms with Crippen LogP contribution in [0.2, 0.25) is 0 Å². The van der Waals surface area contributed by atoms with Crippen LogP contribution in [0.1, 0.15) is 51.3 Å². The van der Waals surface area contributed by atoms with Gasteiger partial charge in [0, 0.05) is 27.7 Å². The van der Waals surface area contributed by atoms with Crippen molar-refractivity contribution in [1.29, 1.82) is 0 Å². The van der Waals surface area contributed by atoms with Gasteiger partial charge in [-0.25, -0.2) is 0 Å². The summed E-state index contributed by atoms with van der Waals surface area (Å²) in [4.78, 5) is 48.5. The number of carbonyl (C=O) groups is 4. The van der Waals surface area contributed by atoms with Crippen molar-refractivity contribution < 1.29 is 42.9 Å². The van der Waals surface area contributed by atoms with E-state index in [1.807, 2.05) is 91.0 Å². The van der Waals surface area contributed by atoms with Gasteiger partial charge in [-0.2, -0.15) is 0 Å². The van der Waals surface area contributed by atoms with Crippen LogP contribution in [0.4, 0.5) is 0 Å². The smallest absolute Gasteiger partial charge is 0.303 e. The molecule has 0 saturated heterocycles.